The molecule has 2 heterocycles. The molecule has 0 aromatic heterocycles. The zero-order valence-electron chi connectivity index (χ0n) is 10.5. The molecule has 0 saturated carbocycles. The van der Waals surface area contributed by atoms with Gasteiger partial charge in [0.2, 0.25) is 0 Å². The summed E-state index contributed by atoms with van der Waals surface area (Å²) in [5.41, 5.74) is -2.50. The Morgan fingerprint density at radius 2 is 1.94 bits per heavy atom. The molecular formula is C12H21F3N2O. The van der Waals surface area contributed by atoms with E-state index in [0.29, 0.717) is 25.4 Å². The zero-order valence-corrected chi connectivity index (χ0v) is 10.5. The van der Waals surface area contributed by atoms with Crippen molar-refractivity contribution in [3.05, 3.63) is 0 Å². The van der Waals surface area contributed by atoms with Gasteiger partial charge in [-0.1, -0.05) is 0 Å². The highest BCUT2D eigenvalue weighted by Crippen LogP contribution is 2.37. The highest BCUT2D eigenvalue weighted by molar-refractivity contribution is 4.93. The van der Waals surface area contributed by atoms with Gasteiger partial charge in [-0.05, 0) is 51.2 Å². The maximum atomic E-state index is 12.8. The average Bonchev–Trinajstić information content (AvgIpc) is 2.29. The van der Waals surface area contributed by atoms with Crippen LogP contribution in [0.2, 0.25) is 0 Å². The number of hydrogen-bond donors (Lipinski definition) is 2. The molecule has 2 rings (SSSR count). The minimum absolute atomic E-state index is 0.167. The lowest BCUT2D eigenvalue weighted by Gasteiger charge is -2.41. The van der Waals surface area contributed by atoms with E-state index in [1.165, 1.54) is 0 Å². The number of β-amino-alcohol motifs (C(OH)–C–C–N with tert-alkyl or cyclic N) is 1. The van der Waals surface area contributed by atoms with Crippen LogP contribution in [0.3, 0.4) is 0 Å². The lowest BCUT2D eigenvalue weighted by Crippen LogP contribution is -2.57. The van der Waals surface area contributed by atoms with E-state index in [4.69, 9.17) is 0 Å². The Balaban J connectivity index is 1.90. The van der Waals surface area contributed by atoms with Gasteiger partial charge in [0, 0.05) is 13.1 Å². The van der Waals surface area contributed by atoms with E-state index >= 15 is 0 Å². The molecule has 106 valence electrons. The van der Waals surface area contributed by atoms with Gasteiger partial charge in [-0.25, -0.2) is 0 Å². The maximum absolute atomic E-state index is 12.8. The number of aliphatic hydroxyl groups is 1. The number of likely N-dealkylation sites (tertiary alicyclic amines) is 1. The second-order valence-electron chi connectivity index (χ2n) is 5.56. The molecule has 2 saturated heterocycles. The third-order valence-corrected chi connectivity index (χ3v) is 4.05. The maximum Gasteiger partial charge on any atom is 0.418 e. The molecule has 2 aliphatic heterocycles. The summed E-state index contributed by atoms with van der Waals surface area (Å²) in [5, 5.41) is 13.0. The largest absolute Gasteiger partial charge is 0.418 e. The number of halogens is 3. The molecule has 0 radical (unpaired) electrons. The Labute approximate surface area is 105 Å². The van der Waals surface area contributed by atoms with E-state index in [1.807, 2.05) is 0 Å². The summed E-state index contributed by atoms with van der Waals surface area (Å²) in [6.07, 6.45) is -2.23. The summed E-state index contributed by atoms with van der Waals surface area (Å²) in [4.78, 5) is 1.78. The van der Waals surface area contributed by atoms with Crippen LogP contribution < -0.4 is 5.32 Å². The van der Waals surface area contributed by atoms with Crippen LogP contribution in [0.5, 0.6) is 0 Å². The van der Waals surface area contributed by atoms with E-state index in [2.05, 4.69) is 5.32 Å². The van der Waals surface area contributed by atoms with Gasteiger partial charge in [0.1, 0.15) is 0 Å². The van der Waals surface area contributed by atoms with Crippen LogP contribution >= 0.6 is 0 Å². The van der Waals surface area contributed by atoms with Crippen LogP contribution in [0.4, 0.5) is 13.2 Å². The molecule has 0 bridgehead atoms. The minimum atomic E-state index is -4.51. The van der Waals surface area contributed by atoms with Gasteiger partial charge >= 0.3 is 6.18 Å². The Hall–Kier alpha value is -0.330. The summed E-state index contributed by atoms with van der Waals surface area (Å²) in [6, 6.07) is 0. The van der Waals surface area contributed by atoms with Crippen molar-refractivity contribution in [1.29, 1.82) is 0 Å². The summed E-state index contributed by atoms with van der Waals surface area (Å²) in [5.74, 6) is 0.460. The molecule has 0 spiro atoms. The fraction of sp³-hybridized carbons (Fsp3) is 1.00. The smallest absolute Gasteiger partial charge is 0.379 e. The van der Waals surface area contributed by atoms with E-state index in [1.54, 1.807) is 4.90 Å². The normalized spacial score (nSPS) is 32.7. The molecule has 6 heteroatoms. The molecule has 18 heavy (non-hydrogen) atoms. The third-order valence-electron chi connectivity index (χ3n) is 4.05. The molecule has 2 aliphatic rings. The molecular weight excluding hydrogens is 245 g/mol. The van der Waals surface area contributed by atoms with Crippen molar-refractivity contribution in [2.24, 2.45) is 5.92 Å². The number of piperidine rings is 2. The van der Waals surface area contributed by atoms with E-state index in [9.17, 15) is 18.3 Å². The quantitative estimate of drug-likeness (QED) is 0.792. The predicted molar refractivity (Wildman–Crippen MR) is 62.3 cm³/mol. The first-order chi connectivity index (χ1) is 8.41. The molecule has 1 unspecified atom stereocenters. The molecule has 2 N–H and O–H groups in total. The van der Waals surface area contributed by atoms with E-state index in [0.717, 1.165) is 25.9 Å². The van der Waals surface area contributed by atoms with Crippen molar-refractivity contribution in [2.45, 2.75) is 37.5 Å². The van der Waals surface area contributed by atoms with Gasteiger partial charge in [-0.15, -0.1) is 0 Å². The van der Waals surface area contributed by atoms with Gasteiger partial charge in [0.25, 0.3) is 0 Å². The van der Waals surface area contributed by atoms with Gasteiger partial charge in [-0.2, -0.15) is 13.2 Å². The summed E-state index contributed by atoms with van der Waals surface area (Å²) in [7, 11) is 0. The predicted octanol–water partition coefficient (Wildman–Crippen LogP) is 1.38. The van der Waals surface area contributed by atoms with Gasteiger partial charge in [0.15, 0.2) is 5.60 Å². The van der Waals surface area contributed by atoms with Crippen LogP contribution in [0, 0.1) is 5.92 Å². The fourth-order valence-electron chi connectivity index (χ4n) is 2.94. The number of nitrogens with zero attached hydrogens (tertiary/aromatic N) is 1. The van der Waals surface area contributed by atoms with Gasteiger partial charge in [-0.3, -0.25) is 4.90 Å². The van der Waals surface area contributed by atoms with Crippen LogP contribution in [0.1, 0.15) is 25.7 Å². The SMILES string of the molecule is OC1(C(F)(F)F)CCCN(CC2CCNCC2)C1. The van der Waals surface area contributed by atoms with Crippen molar-refractivity contribution in [3.8, 4) is 0 Å². The Bertz CT molecular complexity index is 279. The van der Waals surface area contributed by atoms with E-state index in [-0.39, 0.29) is 13.0 Å². The monoisotopic (exact) mass is 266 g/mol. The van der Waals surface area contributed by atoms with Crippen LogP contribution in [-0.4, -0.2) is 54.5 Å². The summed E-state index contributed by atoms with van der Waals surface area (Å²) < 4.78 is 38.4. The van der Waals surface area contributed by atoms with Crippen LogP contribution in [0.25, 0.3) is 0 Å². The molecule has 2 fully saturated rings. The topological polar surface area (TPSA) is 35.5 Å². The summed E-state index contributed by atoms with van der Waals surface area (Å²) >= 11 is 0. The lowest BCUT2D eigenvalue weighted by atomic mass is 9.90. The highest BCUT2D eigenvalue weighted by Gasteiger charge is 2.55. The number of alkyl halides is 3. The summed E-state index contributed by atoms with van der Waals surface area (Å²) in [6.45, 7) is 2.98. The average molecular weight is 266 g/mol. The lowest BCUT2D eigenvalue weighted by molar-refractivity contribution is -0.274. The van der Waals surface area contributed by atoms with Crippen molar-refractivity contribution in [1.82, 2.24) is 10.2 Å². The standard InChI is InChI=1S/C12H21F3N2O/c13-12(14,15)11(18)4-1-7-17(9-11)8-10-2-5-16-6-3-10/h10,16,18H,1-9H2. The van der Waals surface area contributed by atoms with Crippen LogP contribution in [-0.2, 0) is 0 Å². The Morgan fingerprint density at radius 3 is 2.56 bits per heavy atom. The van der Waals surface area contributed by atoms with Gasteiger partial charge in [0.05, 0.1) is 0 Å². The zero-order chi connectivity index (χ0) is 13.2. The van der Waals surface area contributed by atoms with Crippen molar-refractivity contribution >= 4 is 0 Å². The Kier molecular flexibility index (Phi) is 4.18. The first kappa shape index (κ1) is 14.1. The molecule has 1 atom stereocenters. The molecule has 0 aromatic carbocycles. The molecule has 0 aromatic rings. The van der Waals surface area contributed by atoms with Gasteiger partial charge < -0.3 is 10.4 Å². The first-order valence-electron chi connectivity index (χ1n) is 6.63. The molecule has 0 aliphatic carbocycles. The number of nitrogens with one attached hydrogen (secondary N) is 1. The van der Waals surface area contributed by atoms with Crippen molar-refractivity contribution in [2.75, 3.05) is 32.7 Å². The fourth-order valence-corrected chi connectivity index (χ4v) is 2.94. The number of rotatable bonds is 2. The second-order valence-corrected chi connectivity index (χ2v) is 5.56. The highest BCUT2D eigenvalue weighted by atomic mass is 19.4. The Morgan fingerprint density at radius 1 is 1.28 bits per heavy atom. The second kappa shape index (κ2) is 5.35. The third kappa shape index (κ3) is 3.16. The van der Waals surface area contributed by atoms with Crippen molar-refractivity contribution in [3.63, 3.8) is 0 Å². The van der Waals surface area contributed by atoms with Crippen LogP contribution in [0.15, 0.2) is 0 Å². The van der Waals surface area contributed by atoms with Crippen molar-refractivity contribution < 1.29 is 18.3 Å². The minimum Gasteiger partial charge on any atom is -0.379 e. The number of hydrogen-bond acceptors (Lipinski definition) is 3. The molecule has 0 amide bonds. The van der Waals surface area contributed by atoms with E-state index < -0.39 is 11.8 Å². The first-order valence-corrected chi connectivity index (χ1v) is 6.63. The molecule has 3 nitrogen and oxygen atoms in total.